The first-order chi connectivity index (χ1) is 14.6. The molecule has 0 saturated carbocycles. The van der Waals surface area contributed by atoms with E-state index in [1.54, 1.807) is 18.2 Å². The number of nitrogens with one attached hydrogen (secondary N) is 3. The molecule has 0 aliphatic carbocycles. The lowest BCUT2D eigenvalue weighted by molar-refractivity contribution is -0.115. The number of hydrogen-bond donors (Lipinski definition) is 3. The highest BCUT2D eigenvalue weighted by Crippen LogP contribution is 2.22. The number of aromatic nitrogens is 2. The Bertz CT molecular complexity index is 1200. The molecule has 0 spiro atoms. The van der Waals surface area contributed by atoms with Gasteiger partial charge < -0.3 is 10.3 Å². The Morgan fingerprint density at radius 2 is 1.73 bits per heavy atom. The van der Waals surface area contributed by atoms with E-state index >= 15 is 0 Å². The van der Waals surface area contributed by atoms with Crippen molar-refractivity contribution in [2.24, 2.45) is 0 Å². The third kappa shape index (κ3) is 4.92. The lowest BCUT2D eigenvalue weighted by Gasteiger charge is -2.08. The number of aromatic amines is 1. The summed E-state index contributed by atoms with van der Waals surface area (Å²) >= 11 is 11.1. The molecule has 1 heterocycles. The lowest BCUT2D eigenvalue weighted by atomic mass is 10.2. The molecule has 0 bridgehead atoms. The summed E-state index contributed by atoms with van der Waals surface area (Å²) in [4.78, 5) is 19.9. The predicted molar refractivity (Wildman–Crippen MR) is 126 cm³/mol. The first kappa shape index (κ1) is 19.8. The van der Waals surface area contributed by atoms with E-state index in [0.29, 0.717) is 5.02 Å². The summed E-state index contributed by atoms with van der Waals surface area (Å²) in [6.45, 7) is 0. The maximum Gasteiger partial charge on any atom is 0.250 e. The number of hydrogen-bond acceptors (Lipinski definition) is 3. The van der Waals surface area contributed by atoms with Gasteiger partial charge in [-0.05, 0) is 72.4 Å². The highest BCUT2D eigenvalue weighted by molar-refractivity contribution is 7.80. The van der Waals surface area contributed by atoms with Crippen molar-refractivity contribution in [3.05, 3.63) is 89.5 Å². The molecule has 0 saturated heterocycles. The van der Waals surface area contributed by atoms with Crippen LogP contribution in [0.25, 0.3) is 28.5 Å². The van der Waals surface area contributed by atoms with Crippen molar-refractivity contribution in [1.82, 2.24) is 15.3 Å². The molecule has 0 atom stereocenters. The number of thiocarbonyl (C=S) groups is 1. The van der Waals surface area contributed by atoms with Gasteiger partial charge in [-0.15, -0.1) is 0 Å². The molecular formula is C23H17ClN4OS. The van der Waals surface area contributed by atoms with Gasteiger partial charge in [-0.25, -0.2) is 4.98 Å². The largest absolute Gasteiger partial charge is 0.338 e. The minimum absolute atomic E-state index is 0.220. The zero-order valence-electron chi connectivity index (χ0n) is 15.7. The number of carbonyl (C=O) groups excluding carboxylic acids is 1. The number of amides is 1. The van der Waals surface area contributed by atoms with Crippen LogP contribution in [0.15, 0.2) is 78.9 Å². The molecule has 30 heavy (non-hydrogen) atoms. The smallest absolute Gasteiger partial charge is 0.250 e. The number of fused-ring (bicyclic) bond motifs is 1. The molecule has 7 heteroatoms. The van der Waals surface area contributed by atoms with Gasteiger partial charge in [0, 0.05) is 22.3 Å². The fourth-order valence-corrected chi connectivity index (χ4v) is 3.21. The molecule has 148 valence electrons. The fourth-order valence-electron chi connectivity index (χ4n) is 2.86. The number of H-pyrrole nitrogens is 1. The maximum absolute atomic E-state index is 12.0. The molecule has 0 fully saturated rings. The van der Waals surface area contributed by atoms with Gasteiger partial charge in [0.25, 0.3) is 0 Å². The number of carbonyl (C=O) groups is 1. The third-order valence-corrected chi connectivity index (χ3v) is 4.80. The van der Waals surface area contributed by atoms with Gasteiger partial charge in [0.2, 0.25) is 5.91 Å². The van der Waals surface area contributed by atoms with Crippen molar-refractivity contribution in [2.45, 2.75) is 0 Å². The number of rotatable bonds is 4. The van der Waals surface area contributed by atoms with Crippen molar-refractivity contribution in [1.29, 1.82) is 0 Å². The molecular weight excluding hydrogens is 416 g/mol. The molecule has 3 N–H and O–H groups in total. The van der Waals surface area contributed by atoms with Crippen molar-refractivity contribution in [3.63, 3.8) is 0 Å². The number of halogens is 1. The van der Waals surface area contributed by atoms with Crippen LogP contribution in [-0.2, 0) is 4.79 Å². The van der Waals surface area contributed by atoms with Crippen LogP contribution in [0, 0.1) is 0 Å². The normalized spacial score (nSPS) is 11.0. The Balaban J connectivity index is 1.35. The Morgan fingerprint density at radius 3 is 2.47 bits per heavy atom. The van der Waals surface area contributed by atoms with Gasteiger partial charge in [0.15, 0.2) is 5.11 Å². The Kier molecular flexibility index (Phi) is 5.88. The minimum atomic E-state index is -0.318. The highest BCUT2D eigenvalue weighted by atomic mass is 35.5. The molecule has 5 nitrogen and oxygen atoms in total. The molecule has 4 aromatic rings. The van der Waals surface area contributed by atoms with Crippen LogP contribution in [0.4, 0.5) is 5.69 Å². The second-order valence-electron chi connectivity index (χ2n) is 6.51. The molecule has 0 unspecified atom stereocenters. The predicted octanol–water partition coefficient (Wildman–Crippen LogP) is 5.41. The van der Waals surface area contributed by atoms with Gasteiger partial charge in [-0.2, -0.15) is 0 Å². The van der Waals surface area contributed by atoms with Gasteiger partial charge in [-0.1, -0.05) is 35.9 Å². The van der Waals surface area contributed by atoms with Crippen LogP contribution in [0.2, 0.25) is 5.02 Å². The molecule has 4 rings (SSSR count). The number of benzene rings is 3. The summed E-state index contributed by atoms with van der Waals surface area (Å²) in [7, 11) is 0. The average Bonchev–Trinajstić information content (AvgIpc) is 3.18. The van der Waals surface area contributed by atoms with Crippen LogP contribution in [0.1, 0.15) is 5.56 Å². The standard InChI is InChI=1S/C23H17ClN4OS/c24-17-10-5-15(6-11-17)7-14-21(29)28-23(30)25-18-12-8-16(9-13-18)22-26-19-3-1-2-4-20(19)27-22/h1-14H,(H,26,27)(H2,25,28,29,30)/b14-7+. The monoisotopic (exact) mass is 432 g/mol. The first-order valence-corrected chi connectivity index (χ1v) is 9.96. The first-order valence-electron chi connectivity index (χ1n) is 9.18. The van der Waals surface area contributed by atoms with Gasteiger partial charge in [0.1, 0.15) is 5.82 Å². The minimum Gasteiger partial charge on any atom is -0.338 e. The van der Waals surface area contributed by atoms with Crippen LogP contribution in [0.3, 0.4) is 0 Å². The summed E-state index contributed by atoms with van der Waals surface area (Å²) in [5.41, 5.74) is 4.50. The van der Waals surface area contributed by atoms with E-state index in [2.05, 4.69) is 20.6 Å². The summed E-state index contributed by atoms with van der Waals surface area (Å²) < 4.78 is 0. The number of imidazole rings is 1. The average molecular weight is 433 g/mol. The Morgan fingerprint density at radius 1 is 1.00 bits per heavy atom. The Labute approximate surface area is 183 Å². The van der Waals surface area contributed by atoms with E-state index in [4.69, 9.17) is 23.8 Å². The van der Waals surface area contributed by atoms with Crippen LogP contribution >= 0.6 is 23.8 Å². The zero-order valence-corrected chi connectivity index (χ0v) is 17.3. The fraction of sp³-hybridized carbons (Fsp3) is 0. The van der Waals surface area contributed by atoms with E-state index < -0.39 is 0 Å². The van der Waals surface area contributed by atoms with Gasteiger partial charge in [-0.3, -0.25) is 10.1 Å². The second kappa shape index (κ2) is 8.90. The molecule has 3 aromatic carbocycles. The highest BCUT2D eigenvalue weighted by Gasteiger charge is 2.06. The molecule has 0 aliphatic heterocycles. The molecule has 0 aliphatic rings. The molecule has 1 aromatic heterocycles. The van der Waals surface area contributed by atoms with Crippen molar-refractivity contribution < 1.29 is 4.79 Å². The second-order valence-corrected chi connectivity index (χ2v) is 7.35. The number of nitrogens with zero attached hydrogens (tertiary/aromatic N) is 1. The van der Waals surface area contributed by atoms with Crippen LogP contribution in [0.5, 0.6) is 0 Å². The summed E-state index contributed by atoms with van der Waals surface area (Å²) in [5.74, 6) is 0.479. The van der Waals surface area contributed by atoms with Crippen molar-refractivity contribution in [2.75, 3.05) is 5.32 Å². The maximum atomic E-state index is 12.0. The SMILES string of the molecule is O=C(/C=C/c1ccc(Cl)cc1)NC(=S)Nc1ccc(-c2nc3ccccc3[nH]2)cc1. The molecule has 0 radical (unpaired) electrons. The zero-order chi connectivity index (χ0) is 20.9. The van der Waals surface area contributed by atoms with Gasteiger partial charge in [0.05, 0.1) is 11.0 Å². The Hall–Kier alpha value is -3.48. The van der Waals surface area contributed by atoms with Crippen LogP contribution in [-0.4, -0.2) is 21.0 Å². The molecule has 1 amide bonds. The quantitative estimate of drug-likeness (QED) is 0.298. The summed E-state index contributed by atoms with van der Waals surface area (Å²) in [6, 6.07) is 22.7. The van der Waals surface area contributed by atoms with E-state index in [1.807, 2.05) is 60.7 Å². The van der Waals surface area contributed by atoms with E-state index in [-0.39, 0.29) is 11.0 Å². The van der Waals surface area contributed by atoms with Crippen molar-refractivity contribution >= 4 is 57.6 Å². The topological polar surface area (TPSA) is 69.8 Å². The van der Waals surface area contributed by atoms with E-state index in [1.165, 1.54) is 6.08 Å². The van der Waals surface area contributed by atoms with E-state index in [9.17, 15) is 4.79 Å². The summed E-state index contributed by atoms with van der Waals surface area (Å²) in [5, 5.41) is 6.49. The number of anilines is 1. The third-order valence-electron chi connectivity index (χ3n) is 4.34. The number of para-hydroxylation sites is 2. The van der Waals surface area contributed by atoms with Crippen LogP contribution < -0.4 is 10.6 Å². The van der Waals surface area contributed by atoms with Gasteiger partial charge >= 0.3 is 0 Å². The summed E-state index contributed by atoms with van der Waals surface area (Å²) in [6.07, 6.45) is 3.11. The lowest BCUT2D eigenvalue weighted by Crippen LogP contribution is -2.32. The van der Waals surface area contributed by atoms with E-state index in [0.717, 1.165) is 33.7 Å². The van der Waals surface area contributed by atoms with Crippen molar-refractivity contribution in [3.8, 4) is 11.4 Å².